The number of nitro benzene ring substituents is 1. The van der Waals surface area contributed by atoms with Crippen molar-refractivity contribution in [1.29, 1.82) is 0 Å². The molecule has 0 saturated heterocycles. The summed E-state index contributed by atoms with van der Waals surface area (Å²) in [4.78, 5) is 10.5. The molecule has 0 amide bonds. The van der Waals surface area contributed by atoms with E-state index in [0.717, 1.165) is 4.70 Å². The van der Waals surface area contributed by atoms with Gasteiger partial charge in [0.25, 0.3) is 5.69 Å². The van der Waals surface area contributed by atoms with E-state index in [2.05, 4.69) is 0 Å². The van der Waals surface area contributed by atoms with Crippen molar-refractivity contribution in [3.63, 3.8) is 0 Å². The highest BCUT2D eigenvalue weighted by Gasteiger charge is 2.18. The first kappa shape index (κ1) is 8.96. The van der Waals surface area contributed by atoms with E-state index >= 15 is 0 Å². The van der Waals surface area contributed by atoms with Gasteiger partial charge in [-0.1, -0.05) is 0 Å². The molecular weight excluding hydrogens is 200 g/mol. The summed E-state index contributed by atoms with van der Waals surface area (Å²) in [7, 11) is 0. The maximum atomic E-state index is 10.8. The van der Waals surface area contributed by atoms with Crippen molar-refractivity contribution in [2.24, 2.45) is 0 Å². The molecule has 2 aromatic rings. The number of thiophene rings is 1. The zero-order valence-electron chi connectivity index (χ0n) is 7.48. The number of nitro groups is 1. The van der Waals surface area contributed by atoms with Crippen LogP contribution in [0.5, 0.6) is 0 Å². The van der Waals surface area contributed by atoms with E-state index in [4.69, 9.17) is 5.73 Å². The van der Waals surface area contributed by atoms with Gasteiger partial charge in [0.2, 0.25) is 0 Å². The minimum absolute atomic E-state index is 0.162. The summed E-state index contributed by atoms with van der Waals surface area (Å²) >= 11 is 1.42. The third-order valence-corrected chi connectivity index (χ3v) is 3.07. The van der Waals surface area contributed by atoms with Crippen LogP contribution in [-0.4, -0.2) is 4.92 Å². The number of fused-ring (bicyclic) bond motifs is 1. The number of nitrogen functional groups attached to an aromatic ring is 1. The SMILES string of the molecule is Cc1cc(N)c2sccc2c1[N+](=O)[O-]. The van der Waals surface area contributed by atoms with Crippen LogP contribution in [0.1, 0.15) is 5.56 Å². The van der Waals surface area contributed by atoms with E-state index in [1.54, 1.807) is 19.1 Å². The predicted octanol–water partition coefficient (Wildman–Crippen LogP) is 2.70. The maximum absolute atomic E-state index is 10.8. The van der Waals surface area contributed by atoms with Crippen molar-refractivity contribution >= 4 is 32.8 Å². The van der Waals surface area contributed by atoms with Gasteiger partial charge < -0.3 is 5.73 Å². The minimum Gasteiger partial charge on any atom is -0.398 e. The molecule has 2 rings (SSSR count). The molecule has 1 heterocycles. The minimum atomic E-state index is -0.357. The van der Waals surface area contributed by atoms with Crippen LogP contribution in [0.4, 0.5) is 11.4 Å². The number of hydrogen-bond acceptors (Lipinski definition) is 4. The molecule has 4 nitrogen and oxygen atoms in total. The van der Waals surface area contributed by atoms with E-state index in [0.29, 0.717) is 16.6 Å². The van der Waals surface area contributed by atoms with Gasteiger partial charge in [-0.2, -0.15) is 0 Å². The fourth-order valence-electron chi connectivity index (χ4n) is 1.54. The van der Waals surface area contributed by atoms with Gasteiger partial charge in [0.05, 0.1) is 20.7 Å². The van der Waals surface area contributed by atoms with Crippen molar-refractivity contribution in [2.75, 3.05) is 5.73 Å². The number of nitrogens with two attached hydrogens (primary N) is 1. The zero-order valence-corrected chi connectivity index (χ0v) is 8.30. The average Bonchev–Trinajstić information content (AvgIpc) is 2.51. The first-order valence-electron chi connectivity index (χ1n) is 4.02. The van der Waals surface area contributed by atoms with Gasteiger partial charge >= 0.3 is 0 Å². The summed E-state index contributed by atoms with van der Waals surface area (Å²) < 4.78 is 0.794. The lowest BCUT2D eigenvalue weighted by Gasteiger charge is -2.01. The standard InChI is InChI=1S/C9H8N2O2S/c1-5-4-7(10)9-6(2-3-14-9)8(5)11(12)13/h2-4H,10H2,1H3. The van der Waals surface area contributed by atoms with E-state index in [9.17, 15) is 10.1 Å². The molecule has 5 heteroatoms. The van der Waals surface area contributed by atoms with Gasteiger partial charge in [-0.05, 0) is 24.4 Å². The fourth-order valence-corrected chi connectivity index (χ4v) is 2.37. The molecule has 0 fully saturated rings. The Labute approximate surface area is 84.1 Å². The Kier molecular flexibility index (Phi) is 1.89. The molecule has 14 heavy (non-hydrogen) atoms. The maximum Gasteiger partial charge on any atom is 0.281 e. The van der Waals surface area contributed by atoms with E-state index in [-0.39, 0.29) is 10.6 Å². The number of hydrogen-bond donors (Lipinski definition) is 1. The third-order valence-electron chi connectivity index (χ3n) is 2.11. The average molecular weight is 208 g/mol. The van der Waals surface area contributed by atoms with Gasteiger partial charge in [-0.25, -0.2) is 0 Å². The first-order chi connectivity index (χ1) is 6.61. The second-order valence-electron chi connectivity index (χ2n) is 3.05. The monoisotopic (exact) mass is 208 g/mol. The largest absolute Gasteiger partial charge is 0.398 e. The van der Waals surface area contributed by atoms with Crippen LogP contribution in [0.3, 0.4) is 0 Å². The Morgan fingerprint density at radius 2 is 2.29 bits per heavy atom. The molecule has 0 saturated carbocycles. The number of benzene rings is 1. The summed E-state index contributed by atoms with van der Waals surface area (Å²) in [6, 6.07) is 3.39. The molecule has 0 spiro atoms. The molecule has 0 unspecified atom stereocenters. The lowest BCUT2D eigenvalue weighted by Crippen LogP contribution is -1.94. The van der Waals surface area contributed by atoms with Gasteiger partial charge in [-0.3, -0.25) is 10.1 Å². The summed E-state index contributed by atoms with van der Waals surface area (Å²) in [6.45, 7) is 1.70. The van der Waals surface area contributed by atoms with Crippen molar-refractivity contribution in [3.05, 3.63) is 33.2 Å². The Morgan fingerprint density at radius 1 is 1.57 bits per heavy atom. The van der Waals surface area contributed by atoms with Crippen molar-refractivity contribution in [2.45, 2.75) is 6.92 Å². The molecule has 1 aromatic carbocycles. The molecule has 0 aliphatic carbocycles. The summed E-state index contributed by atoms with van der Waals surface area (Å²) in [5, 5.41) is 13.3. The molecular formula is C9H8N2O2S. The van der Waals surface area contributed by atoms with Gasteiger partial charge in [0.15, 0.2) is 0 Å². The van der Waals surface area contributed by atoms with Gasteiger partial charge in [0, 0.05) is 5.56 Å². The van der Waals surface area contributed by atoms with Crippen LogP contribution < -0.4 is 5.73 Å². The quantitative estimate of drug-likeness (QED) is 0.445. The summed E-state index contributed by atoms with van der Waals surface area (Å²) in [5.74, 6) is 0. The highest BCUT2D eigenvalue weighted by molar-refractivity contribution is 7.17. The van der Waals surface area contributed by atoms with E-state index in [1.165, 1.54) is 11.3 Å². The topological polar surface area (TPSA) is 69.2 Å². The molecule has 0 aliphatic rings. The highest BCUT2D eigenvalue weighted by Crippen LogP contribution is 2.36. The van der Waals surface area contributed by atoms with Crippen LogP contribution in [0.25, 0.3) is 10.1 Å². The number of anilines is 1. The van der Waals surface area contributed by atoms with Crippen LogP contribution in [-0.2, 0) is 0 Å². The second-order valence-corrected chi connectivity index (χ2v) is 3.97. The van der Waals surface area contributed by atoms with Crippen LogP contribution in [0, 0.1) is 17.0 Å². The summed E-state index contributed by atoms with van der Waals surface area (Å²) in [6.07, 6.45) is 0. The van der Waals surface area contributed by atoms with Gasteiger partial charge in [0.1, 0.15) is 0 Å². The molecule has 0 radical (unpaired) electrons. The van der Waals surface area contributed by atoms with E-state index in [1.807, 2.05) is 5.38 Å². The first-order valence-corrected chi connectivity index (χ1v) is 4.90. The molecule has 0 aliphatic heterocycles. The lowest BCUT2D eigenvalue weighted by molar-refractivity contribution is -0.383. The molecule has 1 aromatic heterocycles. The van der Waals surface area contributed by atoms with Gasteiger partial charge in [-0.15, -0.1) is 11.3 Å². The van der Waals surface area contributed by atoms with Crippen molar-refractivity contribution < 1.29 is 4.92 Å². The Morgan fingerprint density at radius 3 is 2.93 bits per heavy atom. The second kappa shape index (κ2) is 2.95. The molecule has 2 N–H and O–H groups in total. The smallest absolute Gasteiger partial charge is 0.281 e. The third kappa shape index (κ3) is 1.13. The molecule has 0 bridgehead atoms. The molecule has 72 valence electrons. The van der Waals surface area contributed by atoms with Crippen LogP contribution >= 0.6 is 11.3 Å². The zero-order chi connectivity index (χ0) is 10.3. The Bertz CT molecular complexity index is 519. The van der Waals surface area contributed by atoms with E-state index < -0.39 is 0 Å². The Balaban J connectivity index is 2.93. The predicted molar refractivity (Wildman–Crippen MR) is 57.6 cm³/mol. The Hall–Kier alpha value is -1.62. The van der Waals surface area contributed by atoms with Crippen molar-refractivity contribution in [1.82, 2.24) is 0 Å². The highest BCUT2D eigenvalue weighted by atomic mass is 32.1. The van der Waals surface area contributed by atoms with Crippen LogP contribution in [0.15, 0.2) is 17.5 Å². The normalized spacial score (nSPS) is 10.6. The molecule has 0 atom stereocenters. The lowest BCUT2D eigenvalue weighted by atomic mass is 10.1. The van der Waals surface area contributed by atoms with Crippen molar-refractivity contribution in [3.8, 4) is 0 Å². The summed E-state index contributed by atoms with van der Waals surface area (Å²) in [5.41, 5.74) is 7.14. The van der Waals surface area contributed by atoms with Crippen LogP contribution in [0.2, 0.25) is 0 Å². The number of rotatable bonds is 1. The fraction of sp³-hybridized carbons (Fsp3) is 0.111. The number of nitrogens with zero attached hydrogens (tertiary/aromatic N) is 1. The number of aryl methyl sites for hydroxylation is 1.